The van der Waals surface area contributed by atoms with E-state index in [4.69, 9.17) is 9.84 Å². The second-order valence-corrected chi connectivity index (χ2v) is 5.47. The first-order valence-corrected chi connectivity index (χ1v) is 7.21. The van der Waals surface area contributed by atoms with E-state index in [0.717, 1.165) is 31.7 Å². The summed E-state index contributed by atoms with van der Waals surface area (Å²) in [6.07, 6.45) is 5.81. The summed E-state index contributed by atoms with van der Waals surface area (Å²) in [5.74, 6) is 0.0889. The second-order valence-electron chi connectivity index (χ2n) is 5.47. The molecule has 1 aliphatic heterocycles. The smallest absolute Gasteiger partial charge is 0.332 e. The van der Waals surface area contributed by atoms with E-state index in [1.165, 1.54) is 16.7 Å². The van der Waals surface area contributed by atoms with Crippen molar-refractivity contribution in [2.75, 3.05) is 26.7 Å². The van der Waals surface area contributed by atoms with Crippen LogP contribution < -0.4 is 4.74 Å². The van der Waals surface area contributed by atoms with E-state index in [-0.39, 0.29) is 0 Å². The third-order valence-corrected chi connectivity index (χ3v) is 4.14. The molecule has 0 radical (unpaired) electrons. The maximum absolute atomic E-state index is 11.0. The number of fused-ring (bicyclic) bond motifs is 1. The highest BCUT2D eigenvalue weighted by molar-refractivity contribution is 5.96. The molecule has 0 aromatic heterocycles. The van der Waals surface area contributed by atoms with Gasteiger partial charge in [-0.15, -0.1) is 0 Å². The predicted octanol–water partition coefficient (Wildman–Crippen LogP) is 2.66. The number of carboxylic acids is 1. The number of hydrogen-bond donors (Lipinski definition) is 1. The molecule has 0 atom stereocenters. The topological polar surface area (TPSA) is 49.8 Å². The molecule has 0 fully saturated rings. The molecule has 110 valence electrons. The highest BCUT2D eigenvalue weighted by atomic mass is 16.5. The van der Waals surface area contributed by atoms with Gasteiger partial charge in [-0.1, -0.05) is 18.2 Å². The monoisotopic (exact) mass is 285 g/mol. The zero-order valence-electron chi connectivity index (χ0n) is 12.1. The number of ether oxygens (including phenoxy) is 1. The van der Waals surface area contributed by atoms with Gasteiger partial charge < -0.3 is 9.84 Å². The summed E-state index contributed by atoms with van der Waals surface area (Å²) < 4.78 is 5.26. The molecule has 0 saturated heterocycles. The molecule has 0 spiro atoms. The van der Waals surface area contributed by atoms with Crippen LogP contribution in [-0.2, 0) is 4.79 Å². The van der Waals surface area contributed by atoms with E-state index in [2.05, 4.69) is 23.1 Å². The van der Waals surface area contributed by atoms with Gasteiger partial charge >= 0.3 is 5.97 Å². The van der Waals surface area contributed by atoms with Crippen molar-refractivity contribution < 1.29 is 14.6 Å². The number of aliphatic carboxylic acids is 1. The first-order chi connectivity index (χ1) is 10.2. The molecule has 1 aliphatic carbocycles. The lowest BCUT2D eigenvalue weighted by atomic mass is 9.86. The van der Waals surface area contributed by atoms with Crippen molar-refractivity contribution in [3.8, 4) is 5.75 Å². The molecular formula is C17H19NO3. The molecule has 1 aromatic carbocycles. The lowest BCUT2D eigenvalue weighted by Crippen LogP contribution is -2.33. The third-order valence-electron chi connectivity index (χ3n) is 4.14. The van der Waals surface area contributed by atoms with E-state index < -0.39 is 5.97 Å². The fraction of sp³-hybridized carbons (Fsp3) is 0.353. The van der Waals surface area contributed by atoms with Crippen LogP contribution in [0.25, 0.3) is 11.6 Å². The van der Waals surface area contributed by atoms with Gasteiger partial charge in [-0.25, -0.2) is 4.79 Å². The fourth-order valence-electron chi connectivity index (χ4n) is 2.89. The predicted molar refractivity (Wildman–Crippen MR) is 82.3 cm³/mol. The zero-order chi connectivity index (χ0) is 14.8. The Kier molecular flexibility index (Phi) is 3.80. The van der Waals surface area contributed by atoms with Gasteiger partial charge in [0.15, 0.2) is 0 Å². The average molecular weight is 285 g/mol. The van der Waals surface area contributed by atoms with E-state index in [1.54, 1.807) is 7.11 Å². The minimum Gasteiger partial charge on any atom is -0.497 e. The number of carbonyl (C=O) groups is 1. The molecule has 21 heavy (non-hydrogen) atoms. The van der Waals surface area contributed by atoms with Crippen molar-refractivity contribution in [3.05, 3.63) is 41.0 Å². The lowest BCUT2D eigenvalue weighted by molar-refractivity contribution is -0.133. The van der Waals surface area contributed by atoms with Gasteiger partial charge in [-0.3, -0.25) is 4.90 Å². The van der Waals surface area contributed by atoms with Crippen LogP contribution in [0.4, 0.5) is 0 Å². The van der Waals surface area contributed by atoms with Crippen LogP contribution >= 0.6 is 0 Å². The maximum Gasteiger partial charge on any atom is 0.332 e. The van der Waals surface area contributed by atoms with Crippen LogP contribution in [0.15, 0.2) is 29.8 Å². The van der Waals surface area contributed by atoms with Gasteiger partial charge in [-0.2, -0.15) is 0 Å². The van der Waals surface area contributed by atoms with E-state index in [9.17, 15) is 4.79 Å². The van der Waals surface area contributed by atoms with Crippen molar-refractivity contribution in [2.24, 2.45) is 0 Å². The summed E-state index contributed by atoms with van der Waals surface area (Å²) in [6, 6.07) is 6.12. The Morgan fingerprint density at radius 1 is 1.43 bits per heavy atom. The molecule has 0 amide bonds. The van der Waals surface area contributed by atoms with Gasteiger partial charge in [0.25, 0.3) is 0 Å². The molecule has 0 bridgehead atoms. The second kappa shape index (κ2) is 5.74. The van der Waals surface area contributed by atoms with Crippen molar-refractivity contribution in [1.29, 1.82) is 0 Å². The van der Waals surface area contributed by atoms with Crippen LogP contribution in [0.2, 0.25) is 0 Å². The highest BCUT2D eigenvalue weighted by Crippen LogP contribution is 2.37. The van der Waals surface area contributed by atoms with Crippen LogP contribution in [0.5, 0.6) is 5.75 Å². The molecule has 1 aromatic rings. The lowest BCUT2D eigenvalue weighted by Gasteiger charge is -2.28. The molecule has 0 saturated carbocycles. The minimum absolute atomic E-state index is 0.519. The zero-order valence-corrected chi connectivity index (χ0v) is 12.1. The Balaban J connectivity index is 1.57. The maximum atomic E-state index is 11.0. The van der Waals surface area contributed by atoms with Gasteiger partial charge in [0.2, 0.25) is 0 Å². The molecule has 4 heteroatoms. The molecule has 1 N–H and O–H groups in total. The summed E-state index contributed by atoms with van der Waals surface area (Å²) in [5, 5.41) is 9.06. The Bertz CT molecular complexity index is 631. The number of hydrogen-bond acceptors (Lipinski definition) is 3. The molecule has 4 nitrogen and oxygen atoms in total. The molecule has 1 heterocycles. The largest absolute Gasteiger partial charge is 0.497 e. The fourth-order valence-corrected chi connectivity index (χ4v) is 2.89. The van der Waals surface area contributed by atoms with Crippen LogP contribution in [0.1, 0.15) is 24.0 Å². The van der Waals surface area contributed by atoms with E-state index in [1.807, 2.05) is 12.1 Å². The summed E-state index contributed by atoms with van der Waals surface area (Å²) in [7, 11) is 1.68. The molecular weight excluding hydrogens is 266 g/mol. The first-order valence-electron chi connectivity index (χ1n) is 7.21. The van der Waals surface area contributed by atoms with Crippen molar-refractivity contribution in [3.63, 3.8) is 0 Å². The normalized spacial score (nSPS) is 17.4. The van der Waals surface area contributed by atoms with Gasteiger partial charge in [0.05, 0.1) is 7.11 Å². The summed E-state index contributed by atoms with van der Waals surface area (Å²) >= 11 is 0. The average Bonchev–Trinajstić information content (AvgIpc) is 2.48. The van der Waals surface area contributed by atoms with E-state index >= 15 is 0 Å². The van der Waals surface area contributed by atoms with Crippen molar-refractivity contribution in [1.82, 2.24) is 4.90 Å². The van der Waals surface area contributed by atoms with Crippen LogP contribution in [0.3, 0.4) is 0 Å². The summed E-state index contributed by atoms with van der Waals surface area (Å²) in [6.45, 7) is 2.38. The van der Waals surface area contributed by atoms with Crippen molar-refractivity contribution >= 4 is 17.6 Å². The van der Waals surface area contributed by atoms with Crippen LogP contribution in [-0.4, -0.2) is 42.7 Å². The first kappa shape index (κ1) is 13.9. The molecule has 2 aliphatic rings. The van der Waals surface area contributed by atoms with E-state index in [0.29, 0.717) is 12.1 Å². The Labute approximate surface area is 124 Å². The summed E-state index contributed by atoms with van der Waals surface area (Å²) in [5.41, 5.74) is 4.37. The number of rotatable bonds is 5. The van der Waals surface area contributed by atoms with Gasteiger partial charge in [0, 0.05) is 25.2 Å². The Morgan fingerprint density at radius 3 is 3.05 bits per heavy atom. The number of methoxy groups -OCH3 is 1. The quantitative estimate of drug-likeness (QED) is 0.903. The number of carboxylic acid groups (broad SMARTS) is 1. The number of benzene rings is 1. The van der Waals surface area contributed by atoms with Crippen LogP contribution in [0, 0.1) is 0 Å². The Morgan fingerprint density at radius 2 is 2.29 bits per heavy atom. The molecule has 3 rings (SSSR count). The Hall–Kier alpha value is -2.07. The molecule has 0 unspecified atom stereocenters. The van der Waals surface area contributed by atoms with Crippen molar-refractivity contribution in [2.45, 2.75) is 12.8 Å². The third kappa shape index (κ3) is 2.85. The standard InChI is InChI=1S/C17H19NO3/c1-21-15-5-4-12-9-13(16(12)10-15)6-8-18-7-2-3-14(11-18)17(19)20/h3-5,9-10H,2,6-8,11H2,1H3,(H,19,20). The summed E-state index contributed by atoms with van der Waals surface area (Å²) in [4.78, 5) is 13.2. The minimum atomic E-state index is -0.794. The van der Waals surface area contributed by atoms with Gasteiger partial charge in [0.1, 0.15) is 5.75 Å². The SMILES string of the molecule is COc1ccc2c(c1)C(CCN1CCC=C(C(=O)O)C1)=C2. The number of nitrogens with zero attached hydrogens (tertiary/aromatic N) is 1. The van der Waals surface area contributed by atoms with Gasteiger partial charge in [-0.05, 0) is 41.7 Å². The highest BCUT2D eigenvalue weighted by Gasteiger charge is 2.20.